The molecule has 0 aliphatic heterocycles. The van der Waals surface area contributed by atoms with Crippen LogP contribution in [0.1, 0.15) is 6.92 Å². The van der Waals surface area contributed by atoms with Crippen molar-refractivity contribution in [1.29, 1.82) is 0 Å². The third-order valence-electron chi connectivity index (χ3n) is 2.02. The Hall–Kier alpha value is -1.33. The first-order valence-corrected chi connectivity index (χ1v) is 5.93. The highest BCUT2D eigenvalue weighted by atomic mass is 35.5. The molecule has 0 aromatic heterocycles. The van der Waals surface area contributed by atoms with E-state index in [2.05, 4.69) is 10.1 Å². The maximum Gasteiger partial charge on any atom is 0.332 e. The molecule has 18 heavy (non-hydrogen) atoms. The van der Waals surface area contributed by atoms with E-state index in [0.717, 1.165) is 0 Å². The standard InChI is InChI=1S/C12H15ClFNO3/c1-2-18-12(16)8-17-6-5-15-11-7-9(13)3-4-10(11)14/h3-4,7,15H,2,5-6,8H2,1H3. The van der Waals surface area contributed by atoms with Gasteiger partial charge in [0.25, 0.3) is 0 Å². The van der Waals surface area contributed by atoms with Crippen molar-refractivity contribution >= 4 is 23.3 Å². The number of hydrogen-bond acceptors (Lipinski definition) is 4. The van der Waals surface area contributed by atoms with Crippen molar-refractivity contribution in [3.05, 3.63) is 29.0 Å². The number of nitrogens with one attached hydrogen (secondary N) is 1. The molecule has 0 unspecified atom stereocenters. The SMILES string of the molecule is CCOC(=O)COCCNc1cc(Cl)ccc1F. The molecule has 0 atom stereocenters. The molecular formula is C12H15ClFNO3. The number of carbonyl (C=O) groups is 1. The lowest BCUT2D eigenvalue weighted by Crippen LogP contribution is -2.16. The molecule has 0 saturated carbocycles. The van der Waals surface area contributed by atoms with Crippen LogP contribution in [0.2, 0.25) is 5.02 Å². The summed E-state index contributed by atoms with van der Waals surface area (Å²) in [6, 6.07) is 4.24. The molecule has 4 nitrogen and oxygen atoms in total. The van der Waals surface area contributed by atoms with Gasteiger partial charge in [0.15, 0.2) is 0 Å². The van der Waals surface area contributed by atoms with Gasteiger partial charge in [-0.2, -0.15) is 0 Å². The van der Waals surface area contributed by atoms with Crippen LogP contribution in [0.5, 0.6) is 0 Å². The Labute approximate surface area is 110 Å². The van der Waals surface area contributed by atoms with Crippen LogP contribution in [0.4, 0.5) is 10.1 Å². The maximum atomic E-state index is 13.3. The molecule has 0 bridgehead atoms. The van der Waals surface area contributed by atoms with Crippen LogP contribution in [0, 0.1) is 5.82 Å². The van der Waals surface area contributed by atoms with Crippen molar-refractivity contribution in [1.82, 2.24) is 0 Å². The van der Waals surface area contributed by atoms with Crippen molar-refractivity contribution < 1.29 is 18.7 Å². The summed E-state index contributed by atoms with van der Waals surface area (Å²) >= 11 is 5.73. The fraction of sp³-hybridized carbons (Fsp3) is 0.417. The molecule has 0 heterocycles. The number of carbonyl (C=O) groups excluding carboxylic acids is 1. The Bertz CT molecular complexity index is 401. The molecule has 1 aromatic carbocycles. The minimum atomic E-state index is -0.411. The fourth-order valence-electron chi connectivity index (χ4n) is 1.25. The summed E-state index contributed by atoms with van der Waals surface area (Å²) in [5, 5.41) is 3.27. The molecule has 0 saturated heterocycles. The first-order chi connectivity index (χ1) is 8.63. The topological polar surface area (TPSA) is 47.6 Å². The molecule has 0 aliphatic rings. The van der Waals surface area contributed by atoms with E-state index in [4.69, 9.17) is 16.3 Å². The van der Waals surface area contributed by atoms with Crippen LogP contribution in [0.3, 0.4) is 0 Å². The second kappa shape index (κ2) is 7.89. The molecular weight excluding hydrogens is 261 g/mol. The van der Waals surface area contributed by atoms with E-state index in [1.165, 1.54) is 18.2 Å². The maximum absolute atomic E-state index is 13.3. The fourth-order valence-corrected chi connectivity index (χ4v) is 1.42. The van der Waals surface area contributed by atoms with E-state index in [1.807, 2.05) is 0 Å². The lowest BCUT2D eigenvalue weighted by atomic mass is 10.3. The number of anilines is 1. The highest BCUT2D eigenvalue weighted by Gasteiger charge is 2.03. The van der Waals surface area contributed by atoms with Crippen LogP contribution in [0.25, 0.3) is 0 Å². The highest BCUT2D eigenvalue weighted by molar-refractivity contribution is 6.30. The first-order valence-electron chi connectivity index (χ1n) is 5.55. The van der Waals surface area contributed by atoms with E-state index >= 15 is 0 Å². The van der Waals surface area contributed by atoms with Crippen LogP contribution in [0.15, 0.2) is 18.2 Å². The van der Waals surface area contributed by atoms with E-state index in [-0.39, 0.29) is 19.0 Å². The summed E-state index contributed by atoms with van der Waals surface area (Å²) in [6.45, 7) is 2.59. The number of benzene rings is 1. The zero-order valence-corrected chi connectivity index (χ0v) is 10.8. The van der Waals surface area contributed by atoms with Crippen LogP contribution in [-0.4, -0.2) is 32.3 Å². The van der Waals surface area contributed by atoms with E-state index in [0.29, 0.717) is 23.9 Å². The molecule has 0 radical (unpaired) electrons. The van der Waals surface area contributed by atoms with Crippen molar-refractivity contribution in [3.8, 4) is 0 Å². The normalized spacial score (nSPS) is 10.2. The Morgan fingerprint density at radius 1 is 1.50 bits per heavy atom. The van der Waals surface area contributed by atoms with Gasteiger partial charge in [-0.1, -0.05) is 11.6 Å². The quantitative estimate of drug-likeness (QED) is 0.613. The second-order valence-electron chi connectivity index (χ2n) is 3.41. The Kier molecular flexibility index (Phi) is 6.46. The van der Waals surface area contributed by atoms with E-state index < -0.39 is 5.97 Å². The molecule has 1 aromatic rings. The lowest BCUT2D eigenvalue weighted by molar-refractivity contribution is -0.148. The van der Waals surface area contributed by atoms with Gasteiger partial charge < -0.3 is 14.8 Å². The summed E-state index contributed by atoms with van der Waals surface area (Å²) in [4.78, 5) is 10.9. The molecule has 6 heteroatoms. The van der Waals surface area contributed by atoms with Gasteiger partial charge in [0, 0.05) is 11.6 Å². The van der Waals surface area contributed by atoms with Gasteiger partial charge in [-0.3, -0.25) is 0 Å². The zero-order valence-electron chi connectivity index (χ0n) is 10.0. The monoisotopic (exact) mass is 275 g/mol. The second-order valence-corrected chi connectivity index (χ2v) is 3.84. The van der Waals surface area contributed by atoms with Gasteiger partial charge in [-0.05, 0) is 25.1 Å². The molecule has 0 aliphatic carbocycles. The lowest BCUT2D eigenvalue weighted by Gasteiger charge is -2.08. The largest absolute Gasteiger partial charge is 0.464 e. The van der Waals surface area contributed by atoms with Crippen LogP contribution >= 0.6 is 11.6 Å². The average Bonchev–Trinajstić information content (AvgIpc) is 2.33. The third-order valence-corrected chi connectivity index (χ3v) is 2.25. The van der Waals surface area contributed by atoms with Crippen molar-refractivity contribution in [2.24, 2.45) is 0 Å². The summed E-state index contributed by atoms with van der Waals surface area (Å²) in [5.41, 5.74) is 0.308. The number of esters is 1. The molecule has 0 amide bonds. The Balaban J connectivity index is 2.21. The highest BCUT2D eigenvalue weighted by Crippen LogP contribution is 2.18. The predicted octanol–water partition coefficient (Wildman–Crippen LogP) is 2.47. The summed E-state index contributed by atoms with van der Waals surface area (Å²) in [7, 11) is 0. The minimum Gasteiger partial charge on any atom is -0.464 e. The number of rotatable bonds is 7. The predicted molar refractivity (Wildman–Crippen MR) is 67.4 cm³/mol. The summed E-state index contributed by atoms with van der Waals surface area (Å²) in [6.07, 6.45) is 0. The third kappa shape index (κ3) is 5.33. The zero-order chi connectivity index (χ0) is 13.4. The van der Waals surface area contributed by atoms with E-state index in [1.54, 1.807) is 6.92 Å². The van der Waals surface area contributed by atoms with Gasteiger partial charge in [0.2, 0.25) is 0 Å². The smallest absolute Gasteiger partial charge is 0.332 e. The molecule has 0 fully saturated rings. The van der Waals surface area contributed by atoms with Crippen molar-refractivity contribution in [2.75, 3.05) is 31.7 Å². The van der Waals surface area contributed by atoms with Gasteiger partial charge in [-0.15, -0.1) is 0 Å². The van der Waals surface area contributed by atoms with E-state index in [9.17, 15) is 9.18 Å². The number of hydrogen-bond donors (Lipinski definition) is 1. The summed E-state index contributed by atoms with van der Waals surface area (Å²) < 4.78 is 23.0. The minimum absolute atomic E-state index is 0.104. The average molecular weight is 276 g/mol. The van der Waals surface area contributed by atoms with Gasteiger partial charge in [0.05, 0.1) is 18.9 Å². The van der Waals surface area contributed by atoms with Crippen molar-refractivity contribution in [3.63, 3.8) is 0 Å². The molecule has 1 rings (SSSR count). The van der Waals surface area contributed by atoms with Crippen LogP contribution in [-0.2, 0) is 14.3 Å². The number of halogens is 2. The molecule has 100 valence electrons. The summed E-state index contributed by atoms with van der Waals surface area (Å²) in [5.74, 6) is -0.795. The Morgan fingerprint density at radius 3 is 3.00 bits per heavy atom. The van der Waals surface area contributed by atoms with Gasteiger partial charge in [0.1, 0.15) is 12.4 Å². The Morgan fingerprint density at radius 2 is 2.28 bits per heavy atom. The van der Waals surface area contributed by atoms with Gasteiger partial charge in [-0.25, -0.2) is 9.18 Å². The molecule has 1 N–H and O–H groups in total. The van der Waals surface area contributed by atoms with Gasteiger partial charge >= 0.3 is 5.97 Å². The molecule has 0 spiro atoms. The van der Waals surface area contributed by atoms with Crippen molar-refractivity contribution in [2.45, 2.75) is 6.92 Å². The number of ether oxygens (including phenoxy) is 2. The van der Waals surface area contributed by atoms with Crippen LogP contribution < -0.4 is 5.32 Å². The first kappa shape index (κ1) is 14.7.